The van der Waals surface area contributed by atoms with Gasteiger partial charge in [-0.1, -0.05) is 13.3 Å². The molecule has 2 aromatic heterocycles. The van der Waals surface area contributed by atoms with Gasteiger partial charge in [0.05, 0.1) is 0 Å². The number of piperazine rings is 1. The normalized spacial score (nSPS) is 14.7. The molecule has 40 heavy (non-hydrogen) atoms. The number of anilines is 2. The molecule has 1 saturated heterocycles. The van der Waals surface area contributed by atoms with Crippen molar-refractivity contribution in [1.82, 2.24) is 20.6 Å². The largest absolute Gasteiger partial charge is 0.369 e. The number of nitrogens with zero attached hydrogens (tertiary/aromatic N) is 3. The van der Waals surface area contributed by atoms with E-state index in [-0.39, 0.29) is 30.4 Å². The van der Waals surface area contributed by atoms with Crippen LogP contribution in [-0.4, -0.2) is 54.6 Å². The zero-order valence-corrected chi connectivity index (χ0v) is 24.8. The molecular formula is C31H41ClN6O2. The number of fused-ring (bicyclic) bond motifs is 1. The SMILES string of the molecule is CCCc1cc(C)[nH]c(=O)c1CNC(=O)c1cc(-c2ccc(N3CCNCC3)nc2)cc2c1CCN2C(C)C.Cl. The van der Waals surface area contributed by atoms with Crippen LogP contribution in [0, 0.1) is 6.92 Å². The van der Waals surface area contributed by atoms with Gasteiger partial charge in [-0.25, -0.2) is 4.98 Å². The number of hydrogen-bond donors (Lipinski definition) is 3. The van der Waals surface area contributed by atoms with Crippen LogP contribution in [0.5, 0.6) is 0 Å². The lowest BCUT2D eigenvalue weighted by Crippen LogP contribution is -2.43. The molecule has 0 aliphatic carbocycles. The number of amides is 1. The average Bonchev–Trinajstić information content (AvgIpc) is 3.37. The van der Waals surface area contributed by atoms with Crippen LogP contribution in [0.25, 0.3) is 11.1 Å². The van der Waals surface area contributed by atoms with Gasteiger partial charge >= 0.3 is 0 Å². The van der Waals surface area contributed by atoms with E-state index in [0.29, 0.717) is 17.2 Å². The van der Waals surface area contributed by atoms with Gasteiger partial charge in [-0.15, -0.1) is 12.4 Å². The van der Waals surface area contributed by atoms with Crippen molar-refractivity contribution >= 4 is 29.8 Å². The van der Waals surface area contributed by atoms with Crippen molar-refractivity contribution < 1.29 is 4.79 Å². The second-order valence-corrected chi connectivity index (χ2v) is 10.9. The number of carbonyl (C=O) groups is 1. The first-order valence-electron chi connectivity index (χ1n) is 14.2. The van der Waals surface area contributed by atoms with Crippen molar-refractivity contribution in [3.63, 3.8) is 0 Å². The number of aromatic amines is 1. The quantitative estimate of drug-likeness (QED) is 0.379. The van der Waals surface area contributed by atoms with Gasteiger partial charge in [0.25, 0.3) is 11.5 Å². The third kappa shape index (κ3) is 6.18. The van der Waals surface area contributed by atoms with Gasteiger partial charge in [-0.05, 0) is 80.6 Å². The molecule has 1 aromatic carbocycles. The predicted octanol–water partition coefficient (Wildman–Crippen LogP) is 4.23. The van der Waals surface area contributed by atoms with E-state index in [0.717, 1.165) is 91.4 Å². The predicted molar refractivity (Wildman–Crippen MR) is 165 cm³/mol. The van der Waals surface area contributed by atoms with E-state index in [1.807, 2.05) is 25.3 Å². The number of aromatic nitrogens is 2. The molecule has 0 radical (unpaired) electrons. The number of pyridine rings is 2. The summed E-state index contributed by atoms with van der Waals surface area (Å²) in [5.41, 5.74) is 7.18. The molecule has 4 heterocycles. The zero-order valence-electron chi connectivity index (χ0n) is 24.0. The Bertz CT molecular complexity index is 1400. The van der Waals surface area contributed by atoms with Crippen LogP contribution < -0.4 is 26.0 Å². The number of carbonyl (C=O) groups excluding carboxylic acids is 1. The summed E-state index contributed by atoms with van der Waals surface area (Å²) < 4.78 is 0. The minimum absolute atomic E-state index is 0. The maximum absolute atomic E-state index is 13.7. The van der Waals surface area contributed by atoms with Crippen LogP contribution in [0.3, 0.4) is 0 Å². The highest BCUT2D eigenvalue weighted by molar-refractivity contribution is 5.99. The maximum atomic E-state index is 13.7. The summed E-state index contributed by atoms with van der Waals surface area (Å²) >= 11 is 0. The smallest absolute Gasteiger partial charge is 0.253 e. The van der Waals surface area contributed by atoms with E-state index in [1.54, 1.807) is 0 Å². The number of aryl methyl sites for hydroxylation is 2. The Kier molecular flexibility index (Phi) is 9.53. The van der Waals surface area contributed by atoms with Gasteiger partial charge in [0.2, 0.25) is 0 Å². The van der Waals surface area contributed by atoms with Gasteiger partial charge in [-0.3, -0.25) is 9.59 Å². The average molecular weight is 565 g/mol. The van der Waals surface area contributed by atoms with E-state index in [9.17, 15) is 9.59 Å². The summed E-state index contributed by atoms with van der Waals surface area (Å²) in [5, 5.41) is 6.45. The molecule has 0 spiro atoms. The maximum Gasteiger partial charge on any atom is 0.253 e. The van der Waals surface area contributed by atoms with Crippen LogP contribution >= 0.6 is 12.4 Å². The lowest BCUT2D eigenvalue weighted by molar-refractivity contribution is 0.0950. The van der Waals surface area contributed by atoms with Gasteiger partial charge < -0.3 is 25.4 Å². The van der Waals surface area contributed by atoms with Crippen molar-refractivity contribution in [2.75, 3.05) is 42.5 Å². The van der Waals surface area contributed by atoms with Crippen molar-refractivity contribution in [3.05, 3.63) is 74.8 Å². The van der Waals surface area contributed by atoms with Gasteiger partial charge in [0.1, 0.15) is 5.82 Å². The van der Waals surface area contributed by atoms with Gasteiger partial charge in [-0.2, -0.15) is 0 Å². The number of H-pyrrole nitrogens is 1. The Labute approximate surface area is 243 Å². The molecule has 3 N–H and O–H groups in total. The van der Waals surface area contributed by atoms with E-state index < -0.39 is 0 Å². The van der Waals surface area contributed by atoms with Crippen LogP contribution in [0.4, 0.5) is 11.5 Å². The molecular weight excluding hydrogens is 524 g/mol. The second-order valence-electron chi connectivity index (χ2n) is 10.9. The van der Waals surface area contributed by atoms with Crippen LogP contribution in [0.2, 0.25) is 0 Å². The third-order valence-electron chi connectivity index (χ3n) is 7.84. The summed E-state index contributed by atoms with van der Waals surface area (Å²) in [4.78, 5) is 38.7. The van der Waals surface area contributed by atoms with Crippen LogP contribution in [-0.2, 0) is 19.4 Å². The molecule has 214 valence electrons. The van der Waals surface area contributed by atoms with Crippen LogP contribution in [0.15, 0.2) is 41.3 Å². The molecule has 5 rings (SSSR count). The van der Waals surface area contributed by atoms with E-state index in [4.69, 9.17) is 4.98 Å². The number of rotatable bonds is 8. The van der Waals surface area contributed by atoms with Crippen molar-refractivity contribution in [3.8, 4) is 11.1 Å². The minimum Gasteiger partial charge on any atom is -0.369 e. The summed E-state index contributed by atoms with van der Waals surface area (Å²) in [6, 6.07) is 10.7. The lowest BCUT2D eigenvalue weighted by atomic mass is 9.97. The molecule has 1 fully saturated rings. The molecule has 1 amide bonds. The van der Waals surface area contributed by atoms with Gasteiger partial charge in [0.15, 0.2) is 0 Å². The van der Waals surface area contributed by atoms with E-state index >= 15 is 0 Å². The molecule has 9 heteroatoms. The van der Waals surface area contributed by atoms with Crippen molar-refractivity contribution in [2.24, 2.45) is 0 Å². The number of benzene rings is 1. The molecule has 0 saturated carbocycles. The fourth-order valence-corrected chi connectivity index (χ4v) is 5.81. The van der Waals surface area contributed by atoms with E-state index in [1.165, 1.54) is 0 Å². The number of hydrogen-bond acceptors (Lipinski definition) is 6. The highest BCUT2D eigenvalue weighted by Gasteiger charge is 2.27. The second kappa shape index (κ2) is 12.9. The van der Waals surface area contributed by atoms with Crippen molar-refractivity contribution in [1.29, 1.82) is 0 Å². The summed E-state index contributed by atoms with van der Waals surface area (Å²) in [7, 11) is 0. The first kappa shape index (κ1) is 29.6. The van der Waals surface area contributed by atoms with Crippen molar-refractivity contribution in [2.45, 2.75) is 59.5 Å². The number of nitrogens with one attached hydrogen (secondary N) is 3. The van der Waals surface area contributed by atoms with E-state index in [2.05, 4.69) is 64.4 Å². The highest BCUT2D eigenvalue weighted by atomic mass is 35.5. The van der Waals surface area contributed by atoms with Gasteiger partial charge in [0, 0.05) is 79.6 Å². The Hall–Kier alpha value is -3.36. The number of halogens is 1. The molecule has 0 bridgehead atoms. The Balaban J connectivity index is 0.00000370. The molecule has 8 nitrogen and oxygen atoms in total. The minimum atomic E-state index is -0.147. The Morgan fingerprint density at radius 3 is 2.55 bits per heavy atom. The standard InChI is InChI=1S/C31H40N6O2.ClH/c1-5-6-22-15-21(4)35-31(39)27(22)19-34-30(38)26-16-24(17-28-25(26)9-12-37(28)20(2)3)23-7-8-29(33-18-23)36-13-10-32-11-14-36;/h7-8,15-18,20,32H,5-6,9-14,19H2,1-4H3,(H,34,38)(H,35,39);1H. The summed E-state index contributed by atoms with van der Waals surface area (Å²) in [6.45, 7) is 13.3. The highest BCUT2D eigenvalue weighted by Crippen LogP contribution is 2.37. The molecule has 0 unspecified atom stereocenters. The first-order chi connectivity index (χ1) is 18.9. The third-order valence-corrected chi connectivity index (χ3v) is 7.84. The molecule has 0 atom stereocenters. The summed E-state index contributed by atoms with van der Waals surface area (Å²) in [6.07, 6.45) is 4.48. The lowest BCUT2D eigenvalue weighted by Gasteiger charge is -2.28. The van der Waals surface area contributed by atoms with Crippen LogP contribution in [0.1, 0.15) is 59.9 Å². The monoisotopic (exact) mass is 564 g/mol. The molecule has 2 aliphatic rings. The summed E-state index contributed by atoms with van der Waals surface area (Å²) in [5.74, 6) is 0.834. The molecule has 3 aromatic rings. The Morgan fingerprint density at radius 1 is 1.10 bits per heavy atom. The zero-order chi connectivity index (χ0) is 27.5. The fraction of sp³-hybridized carbons (Fsp3) is 0.452. The Morgan fingerprint density at radius 2 is 1.88 bits per heavy atom. The fourth-order valence-electron chi connectivity index (χ4n) is 5.81. The first-order valence-corrected chi connectivity index (χ1v) is 14.2. The topological polar surface area (TPSA) is 93.4 Å². The molecule has 2 aliphatic heterocycles.